The van der Waals surface area contributed by atoms with Gasteiger partial charge >= 0.3 is 11.4 Å². The second-order valence-electron chi connectivity index (χ2n) is 3.97. The lowest BCUT2D eigenvalue weighted by Gasteiger charge is -2.15. The van der Waals surface area contributed by atoms with Crippen LogP contribution in [0.15, 0.2) is 35.4 Å². The van der Waals surface area contributed by atoms with Crippen LogP contribution in [0.25, 0.3) is 0 Å². The molecule has 0 N–H and O–H groups in total. The number of nitrogens with zero attached hydrogens (tertiary/aromatic N) is 3. The Morgan fingerprint density at radius 3 is 2.41 bits per heavy atom. The monoisotopic (exact) mass is 233 g/mol. The first kappa shape index (κ1) is 11.3. The van der Waals surface area contributed by atoms with E-state index in [2.05, 4.69) is 5.10 Å². The average molecular weight is 233 g/mol. The third kappa shape index (κ3) is 1.49. The summed E-state index contributed by atoms with van der Waals surface area (Å²) in [6.45, 7) is 2.76. The van der Waals surface area contributed by atoms with Crippen LogP contribution in [0.2, 0.25) is 0 Å². The Balaban J connectivity index is 2.44. The second kappa shape index (κ2) is 3.65. The molecule has 0 bridgehead atoms. The minimum atomic E-state index is -1.75. The van der Waals surface area contributed by atoms with Crippen LogP contribution in [0.1, 0.15) is 13.8 Å². The zero-order valence-corrected chi connectivity index (χ0v) is 9.45. The molecule has 2 rings (SSSR count). The van der Waals surface area contributed by atoms with Gasteiger partial charge in [0.05, 0.1) is 5.69 Å². The number of carbonyl (C=O) groups excluding carboxylic acids is 1. The normalized spacial score (nSPS) is 23.8. The quantitative estimate of drug-likeness (QED) is 0.573. The summed E-state index contributed by atoms with van der Waals surface area (Å²) in [6.07, 6.45) is 0. The summed E-state index contributed by atoms with van der Waals surface area (Å²) < 4.78 is 0. The standard InChI is InChI=1S/C11H11N3O3/c1-8-11(2,14(16)17)10(15)13(12-8)9-6-4-3-5-7-9/h3-7H,1-2H3/t11-/m1/s1. The topological polar surface area (TPSA) is 75.8 Å². The van der Waals surface area contributed by atoms with Gasteiger partial charge in [0, 0.05) is 11.8 Å². The lowest BCUT2D eigenvalue weighted by atomic mass is 9.98. The highest BCUT2D eigenvalue weighted by atomic mass is 16.6. The van der Waals surface area contributed by atoms with Crippen molar-refractivity contribution in [2.75, 3.05) is 5.01 Å². The van der Waals surface area contributed by atoms with E-state index in [0.717, 1.165) is 5.01 Å². The van der Waals surface area contributed by atoms with E-state index >= 15 is 0 Å². The predicted molar refractivity (Wildman–Crippen MR) is 62.4 cm³/mol. The van der Waals surface area contributed by atoms with E-state index in [4.69, 9.17) is 0 Å². The molecule has 0 spiro atoms. The number of para-hydroxylation sites is 1. The molecular formula is C11H11N3O3. The van der Waals surface area contributed by atoms with Gasteiger partial charge < -0.3 is 0 Å². The van der Waals surface area contributed by atoms with Gasteiger partial charge in [0.2, 0.25) is 0 Å². The van der Waals surface area contributed by atoms with Gasteiger partial charge in [-0.05, 0) is 19.1 Å². The van der Waals surface area contributed by atoms with Crippen molar-refractivity contribution in [1.82, 2.24) is 0 Å². The largest absolute Gasteiger partial charge is 0.337 e. The molecule has 1 aliphatic rings. The lowest BCUT2D eigenvalue weighted by Crippen LogP contribution is -2.49. The molecule has 1 aromatic carbocycles. The first-order chi connectivity index (χ1) is 7.98. The first-order valence-corrected chi connectivity index (χ1v) is 5.07. The Kier molecular flexibility index (Phi) is 2.42. The Morgan fingerprint density at radius 2 is 1.94 bits per heavy atom. The van der Waals surface area contributed by atoms with Crippen LogP contribution in [0.3, 0.4) is 0 Å². The van der Waals surface area contributed by atoms with Crippen molar-refractivity contribution >= 4 is 17.3 Å². The van der Waals surface area contributed by atoms with Crippen LogP contribution in [0, 0.1) is 10.1 Å². The van der Waals surface area contributed by atoms with Gasteiger partial charge in [-0.25, -0.2) is 0 Å². The van der Waals surface area contributed by atoms with E-state index in [1.807, 2.05) is 0 Å². The molecule has 0 unspecified atom stereocenters. The Hall–Kier alpha value is -2.24. The van der Waals surface area contributed by atoms with Gasteiger partial charge in [-0.15, -0.1) is 0 Å². The number of nitro groups is 1. The number of hydrogen-bond acceptors (Lipinski definition) is 4. The van der Waals surface area contributed by atoms with Crippen molar-refractivity contribution < 1.29 is 9.72 Å². The van der Waals surface area contributed by atoms with Gasteiger partial charge in [-0.2, -0.15) is 10.1 Å². The van der Waals surface area contributed by atoms with Crippen molar-refractivity contribution in [2.24, 2.45) is 5.10 Å². The van der Waals surface area contributed by atoms with Crippen LogP contribution in [-0.2, 0) is 4.79 Å². The fourth-order valence-electron chi connectivity index (χ4n) is 1.61. The highest BCUT2D eigenvalue weighted by Gasteiger charge is 2.56. The first-order valence-electron chi connectivity index (χ1n) is 5.07. The molecule has 1 heterocycles. The summed E-state index contributed by atoms with van der Waals surface area (Å²) in [7, 11) is 0. The summed E-state index contributed by atoms with van der Waals surface area (Å²) in [4.78, 5) is 22.4. The molecule has 0 fully saturated rings. The molecule has 0 saturated heterocycles. The number of hydrazone groups is 1. The minimum absolute atomic E-state index is 0.191. The van der Waals surface area contributed by atoms with E-state index in [1.165, 1.54) is 13.8 Å². The summed E-state index contributed by atoms with van der Waals surface area (Å²) >= 11 is 0. The third-order valence-corrected chi connectivity index (χ3v) is 2.93. The van der Waals surface area contributed by atoms with Crippen molar-refractivity contribution in [3.8, 4) is 0 Å². The van der Waals surface area contributed by atoms with Crippen molar-refractivity contribution in [2.45, 2.75) is 19.4 Å². The number of rotatable bonds is 2. The van der Waals surface area contributed by atoms with Crippen LogP contribution in [0.4, 0.5) is 5.69 Å². The minimum Gasteiger partial charge on any atom is -0.264 e. The average Bonchev–Trinajstić information content (AvgIpc) is 2.56. The van der Waals surface area contributed by atoms with E-state index < -0.39 is 16.4 Å². The maximum atomic E-state index is 12.0. The second-order valence-corrected chi connectivity index (χ2v) is 3.97. The number of carbonyl (C=O) groups is 1. The summed E-state index contributed by atoms with van der Waals surface area (Å²) in [6, 6.07) is 8.65. The zero-order chi connectivity index (χ0) is 12.6. The third-order valence-electron chi connectivity index (χ3n) is 2.93. The smallest absolute Gasteiger partial charge is 0.264 e. The number of anilines is 1. The number of benzene rings is 1. The van der Waals surface area contributed by atoms with Crippen LogP contribution < -0.4 is 5.01 Å². The molecule has 0 aromatic heterocycles. The van der Waals surface area contributed by atoms with E-state index in [9.17, 15) is 14.9 Å². The SMILES string of the molecule is CC1=NN(c2ccccc2)C(=O)[C@]1(C)[N+](=O)[O-]. The molecular weight excluding hydrogens is 222 g/mol. The fourth-order valence-corrected chi connectivity index (χ4v) is 1.61. The van der Waals surface area contributed by atoms with Crippen LogP contribution in [0.5, 0.6) is 0 Å². The van der Waals surface area contributed by atoms with Gasteiger partial charge in [0.1, 0.15) is 5.71 Å². The molecule has 1 atom stereocenters. The number of amides is 1. The number of hydrogen-bond donors (Lipinski definition) is 0. The Bertz CT molecular complexity index is 512. The Morgan fingerprint density at radius 1 is 1.35 bits per heavy atom. The van der Waals surface area contributed by atoms with Crippen LogP contribution >= 0.6 is 0 Å². The Labute approximate surface area is 97.7 Å². The molecule has 1 amide bonds. The van der Waals surface area contributed by atoms with E-state index in [-0.39, 0.29) is 5.71 Å². The molecule has 17 heavy (non-hydrogen) atoms. The summed E-state index contributed by atoms with van der Waals surface area (Å²) in [5.74, 6) is -0.633. The molecule has 6 nitrogen and oxygen atoms in total. The van der Waals surface area contributed by atoms with Crippen LogP contribution in [-0.4, -0.2) is 22.1 Å². The van der Waals surface area contributed by atoms with E-state index in [1.54, 1.807) is 30.3 Å². The highest BCUT2D eigenvalue weighted by molar-refractivity contribution is 6.20. The van der Waals surface area contributed by atoms with Gasteiger partial charge in [-0.1, -0.05) is 18.2 Å². The van der Waals surface area contributed by atoms with Crippen molar-refractivity contribution in [1.29, 1.82) is 0 Å². The molecule has 1 aromatic rings. The highest BCUT2D eigenvalue weighted by Crippen LogP contribution is 2.28. The van der Waals surface area contributed by atoms with Gasteiger partial charge in [-0.3, -0.25) is 14.9 Å². The fraction of sp³-hybridized carbons (Fsp3) is 0.273. The summed E-state index contributed by atoms with van der Waals surface area (Å²) in [5, 5.41) is 16.1. The molecule has 88 valence electrons. The zero-order valence-electron chi connectivity index (χ0n) is 9.45. The summed E-state index contributed by atoms with van der Waals surface area (Å²) in [5.41, 5.74) is -1.03. The molecule has 0 radical (unpaired) electrons. The molecule has 0 aliphatic carbocycles. The maximum Gasteiger partial charge on any atom is 0.337 e. The van der Waals surface area contributed by atoms with Gasteiger partial charge in [0.25, 0.3) is 0 Å². The van der Waals surface area contributed by atoms with Crippen molar-refractivity contribution in [3.05, 3.63) is 40.4 Å². The predicted octanol–water partition coefficient (Wildman–Crippen LogP) is 1.44. The van der Waals surface area contributed by atoms with E-state index in [0.29, 0.717) is 5.69 Å². The maximum absolute atomic E-state index is 12.0. The molecule has 0 saturated carbocycles. The van der Waals surface area contributed by atoms with Crippen molar-refractivity contribution in [3.63, 3.8) is 0 Å². The molecule has 1 aliphatic heterocycles. The molecule has 6 heteroatoms. The van der Waals surface area contributed by atoms with Gasteiger partial charge in [0.15, 0.2) is 0 Å². The lowest BCUT2D eigenvalue weighted by molar-refractivity contribution is -0.525.